The van der Waals surface area contributed by atoms with Crippen LogP contribution in [0.3, 0.4) is 0 Å². The van der Waals surface area contributed by atoms with E-state index in [2.05, 4.69) is 19.2 Å². The van der Waals surface area contributed by atoms with Crippen LogP contribution < -0.4 is 5.32 Å². The zero-order valence-corrected chi connectivity index (χ0v) is 7.92. The van der Waals surface area contributed by atoms with Gasteiger partial charge in [-0.3, -0.25) is 0 Å². The van der Waals surface area contributed by atoms with Crippen LogP contribution in [0, 0.1) is 5.92 Å². The maximum Gasteiger partial charge on any atom is 0.0927 e. The minimum Gasteiger partial charge on any atom is -0.389 e. The van der Waals surface area contributed by atoms with Gasteiger partial charge in [0.25, 0.3) is 0 Å². The molecule has 1 aliphatic heterocycles. The second kappa shape index (κ2) is 4.80. The molecule has 1 fully saturated rings. The van der Waals surface area contributed by atoms with Gasteiger partial charge < -0.3 is 15.2 Å². The zero-order chi connectivity index (χ0) is 8.97. The number of ether oxygens (including phenoxy) is 1. The molecule has 0 saturated carbocycles. The lowest BCUT2D eigenvalue weighted by atomic mass is 10.1. The third-order valence-corrected chi connectivity index (χ3v) is 2.11. The van der Waals surface area contributed by atoms with Gasteiger partial charge in [0.1, 0.15) is 0 Å². The first-order valence-electron chi connectivity index (χ1n) is 4.69. The van der Waals surface area contributed by atoms with E-state index in [1.807, 2.05) is 0 Å². The van der Waals surface area contributed by atoms with Gasteiger partial charge in [0, 0.05) is 12.6 Å². The molecular weight excluding hydrogens is 154 g/mol. The van der Waals surface area contributed by atoms with E-state index in [1.54, 1.807) is 0 Å². The van der Waals surface area contributed by atoms with E-state index in [4.69, 9.17) is 4.74 Å². The molecule has 0 aliphatic carbocycles. The predicted molar refractivity (Wildman–Crippen MR) is 48.1 cm³/mol. The molecule has 12 heavy (non-hydrogen) atoms. The largest absolute Gasteiger partial charge is 0.389 e. The molecule has 0 aromatic rings. The molecule has 2 N–H and O–H groups in total. The van der Waals surface area contributed by atoms with Crippen molar-refractivity contribution in [2.45, 2.75) is 32.4 Å². The zero-order valence-electron chi connectivity index (χ0n) is 7.92. The van der Waals surface area contributed by atoms with Crippen LogP contribution in [0.1, 0.15) is 20.3 Å². The molecule has 0 amide bonds. The lowest BCUT2D eigenvalue weighted by Gasteiger charge is -2.29. The highest BCUT2D eigenvalue weighted by Crippen LogP contribution is 2.07. The van der Waals surface area contributed by atoms with Gasteiger partial charge >= 0.3 is 0 Å². The highest BCUT2D eigenvalue weighted by atomic mass is 16.5. The number of hydrogen-bond donors (Lipinski definition) is 2. The summed E-state index contributed by atoms with van der Waals surface area (Å²) in [7, 11) is 0. The van der Waals surface area contributed by atoms with Gasteiger partial charge in [0.05, 0.1) is 12.7 Å². The quantitative estimate of drug-likeness (QED) is 0.648. The third-order valence-electron chi connectivity index (χ3n) is 2.11. The highest BCUT2D eigenvalue weighted by molar-refractivity contribution is 4.78. The Hall–Kier alpha value is -0.120. The molecule has 0 bridgehead atoms. The van der Waals surface area contributed by atoms with Crippen LogP contribution >= 0.6 is 0 Å². The third kappa shape index (κ3) is 3.09. The summed E-state index contributed by atoms with van der Waals surface area (Å²) in [5.41, 5.74) is 0. The average Bonchev–Trinajstić information content (AvgIpc) is 2.03. The van der Waals surface area contributed by atoms with Gasteiger partial charge in [-0.2, -0.15) is 0 Å². The fourth-order valence-electron chi connectivity index (χ4n) is 1.35. The van der Waals surface area contributed by atoms with Crippen molar-refractivity contribution in [1.82, 2.24) is 5.32 Å². The Balaban J connectivity index is 2.20. The molecule has 72 valence electrons. The first kappa shape index (κ1) is 9.96. The van der Waals surface area contributed by atoms with Crippen molar-refractivity contribution in [2.75, 3.05) is 19.8 Å². The molecule has 1 rings (SSSR count). The summed E-state index contributed by atoms with van der Waals surface area (Å²) in [6.07, 6.45) is 0.603. The lowest BCUT2D eigenvalue weighted by molar-refractivity contribution is -0.0281. The van der Waals surface area contributed by atoms with Crippen molar-refractivity contribution >= 4 is 0 Å². The fourth-order valence-corrected chi connectivity index (χ4v) is 1.35. The normalized spacial score (nSPS) is 31.0. The van der Waals surface area contributed by atoms with Crippen molar-refractivity contribution in [3.8, 4) is 0 Å². The van der Waals surface area contributed by atoms with Crippen LogP contribution in [0.5, 0.6) is 0 Å². The van der Waals surface area contributed by atoms with Crippen molar-refractivity contribution in [3.63, 3.8) is 0 Å². The molecule has 0 aromatic heterocycles. The van der Waals surface area contributed by atoms with Crippen molar-refractivity contribution in [3.05, 3.63) is 0 Å². The Labute approximate surface area is 74.1 Å². The number of aliphatic hydroxyl groups excluding tert-OH is 1. The van der Waals surface area contributed by atoms with Gasteiger partial charge in [-0.05, 0) is 18.9 Å². The molecule has 0 aromatic carbocycles. The predicted octanol–water partition coefficient (Wildman–Crippen LogP) is 0.382. The molecule has 0 radical (unpaired) electrons. The number of rotatable bonds is 3. The Morgan fingerprint density at radius 3 is 2.92 bits per heavy atom. The summed E-state index contributed by atoms with van der Waals surface area (Å²) in [5.74, 6) is 0.639. The minimum atomic E-state index is -0.322. The molecule has 3 nitrogen and oxygen atoms in total. The van der Waals surface area contributed by atoms with Crippen LogP contribution in [-0.2, 0) is 4.74 Å². The second-order valence-electron chi connectivity index (χ2n) is 3.84. The Morgan fingerprint density at radius 2 is 2.33 bits per heavy atom. The van der Waals surface area contributed by atoms with Gasteiger partial charge in [-0.25, -0.2) is 0 Å². The van der Waals surface area contributed by atoms with Crippen molar-refractivity contribution < 1.29 is 9.84 Å². The molecule has 1 saturated heterocycles. The van der Waals surface area contributed by atoms with Crippen molar-refractivity contribution in [2.24, 2.45) is 5.92 Å². The maximum absolute atomic E-state index is 9.49. The minimum absolute atomic E-state index is 0.237. The summed E-state index contributed by atoms with van der Waals surface area (Å²) in [4.78, 5) is 0. The van der Waals surface area contributed by atoms with Gasteiger partial charge in [-0.15, -0.1) is 0 Å². The summed E-state index contributed by atoms with van der Waals surface area (Å²) in [6.45, 7) is 6.56. The Kier molecular flexibility index (Phi) is 3.98. The topological polar surface area (TPSA) is 41.5 Å². The van der Waals surface area contributed by atoms with E-state index in [1.165, 1.54) is 0 Å². The second-order valence-corrected chi connectivity index (χ2v) is 3.84. The fraction of sp³-hybridized carbons (Fsp3) is 1.00. The first-order valence-corrected chi connectivity index (χ1v) is 4.69. The number of nitrogens with one attached hydrogen (secondary N) is 1. The van der Waals surface area contributed by atoms with Crippen LogP contribution in [0.4, 0.5) is 0 Å². The van der Waals surface area contributed by atoms with Gasteiger partial charge in [0.2, 0.25) is 0 Å². The van der Waals surface area contributed by atoms with E-state index in [0.717, 1.165) is 19.6 Å². The highest BCUT2D eigenvalue weighted by Gasteiger charge is 2.22. The smallest absolute Gasteiger partial charge is 0.0927 e. The van der Waals surface area contributed by atoms with Gasteiger partial charge in [0.15, 0.2) is 0 Å². The SMILES string of the molecule is CC(C)CN[C@H]1CCOC[C@H]1O. The van der Waals surface area contributed by atoms with Crippen molar-refractivity contribution in [1.29, 1.82) is 0 Å². The van der Waals surface area contributed by atoms with E-state index in [-0.39, 0.29) is 12.1 Å². The average molecular weight is 173 g/mol. The number of hydrogen-bond acceptors (Lipinski definition) is 3. The van der Waals surface area contributed by atoms with E-state index < -0.39 is 0 Å². The lowest BCUT2D eigenvalue weighted by Crippen LogP contribution is -2.47. The van der Waals surface area contributed by atoms with E-state index in [0.29, 0.717) is 12.5 Å². The van der Waals surface area contributed by atoms with Crippen LogP contribution in [0.15, 0.2) is 0 Å². The molecule has 0 unspecified atom stereocenters. The van der Waals surface area contributed by atoms with Crippen LogP contribution in [0.25, 0.3) is 0 Å². The molecule has 0 spiro atoms. The standard InChI is InChI=1S/C9H19NO2/c1-7(2)5-10-8-3-4-12-6-9(8)11/h7-11H,3-6H2,1-2H3/t8-,9+/m0/s1. The number of aliphatic hydroxyl groups is 1. The molecule has 3 heteroatoms. The molecule has 2 atom stereocenters. The summed E-state index contributed by atoms with van der Waals surface area (Å²) in [5, 5.41) is 12.8. The maximum atomic E-state index is 9.49. The molecule has 1 aliphatic rings. The molecular formula is C9H19NO2. The first-order chi connectivity index (χ1) is 5.70. The summed E-state index contributed by atoms with van der Waals surface area (Å²) in [6, 6.07) is 0.237. The Morgan fingerprint density at radius 1 is 1.58 bits per heavy atom. The van der Waals surface area contributed by atoms with Crippen LogP contribution in [0.2, 0.25) is 0 Å². The summed E-state index contributed by atoms with van der Waals surface area (Å²) >= 11 is 0. The summed E-state index contributed by atoms with van der Waals surface area (Å²) < 4.78 is 5.13. The van der Waals surface area contributed by atoms with E-state index >= 15 is 0 Å². The van der Waals surface area contributed by atoms with Gasteiger partial charge in [-0.1, -0.05) is 13.8 Å². The monoisotopic (exact) mass is 173 g/mol. The Bertz CT molecular complexity index is 128. The van der Waals surface area contributed by atoms with Crippen LogP contribution in [-0.4, -0.2) is 37.0 Å². The van der Waals surface area contributed by atoms with E-state index in [9.17, 15) is 5.11 Å². The molecule has 1 heterocycles.